The summed E-state index contributed by atoms with van der Waals surface area (Å²) in [6, 6.07) is 3.99. The molecule has 0 saturated heterocycles. The second-order valence-electron chi connectivity index (χ2n) is 4.65. The maximum absolute atomic E-state index is 12.2. The fourth-order valence-corrected chi connectivity index (χ4v) is 2.09. The Labute approximate surface area is 121 Å². The maximum atomic E-state index is 12.2. The number of carbonyl (C=O) groups excluding carboxylic acids is 1. The van der Waals surface area contributed by atoms with Crippen molar-refractivity contribution in [1.82, 2.24) is 5.32 Å². The van der Waals surface area contributed by atoms with Gasteiger partial charge in [-0.15, -0.1) is 11.8 Å². The summed E-state index contributed by atoms with van der Waals surface area (Å²) >= 11 is 1.40. The van der Waals surface area contributed by atoms with Crippen LogP contribution in [0.4, 0.5) is 5.69 Å². The van der Waals surface area contributed by atoms with Crippen molar-refractivity contribution < 1.29 is 14.8 Å². The third-order valence-corrected chi connectivity index (χ3v) is 3.69. The van der Waals surface area contributed by atoms with E-state index < -0.39 is 16.9 Å². The molecule has 0 radical (unpaired) electrons. The van der Waals surface area contributed by atoms with Crippen molar-refractivity contribution in [1.29, 1.82) is 0 Å². The molecule has 0 aliphatic heterocycles. The minimum absolute atomic E-state index is 0.0148. The molecule has 0 unspecified atom stereocenters. The van der Waals surface area contributed by atoms with Crippen LogP contribution >= 0.6 is 11.8 Å². The minimum atomic E-state index is -0.581. The van der Waals surface area contributed by atoms with Gasteiger partial charge in [0.25, 0.3) is 11.6 Å². The molecule has 0 fully saturated rings. The highest BCUT2D eigenvalue weighted by Gasteiger charge is 2.23. The number of rotatable bonds is 6. The van der Waals surface area contributed by atoms with Crippen LogP contribution in [0.15, 0.2) is 23.1 Å². The number of benzene rings is 1. The van der Waals surface area contributed by atoms with Crippen LogP contribution < -0.4 is 5.32 Å². The van der Waals surface area contributed by atoms with Crippen LogP contribution in [0.1, 0.15) is 24.2 Å². The van der Waals surface area contributed by atoms with Gasteiger partial charge in [-0.3, -0.25) is 14.9 Å². The number of nitro groups is 1. The summed E-state index contributed by atoms with van der Waals surface area (Å²) in [5.41, 5.74) is -0.221. The third kappa shape index (κ3) is 3.94. The number of thioether (sulfide) groups is 1. The molecule has 1 amide bonds. The molecule has 0 aliphatic carbocycles. The summed E-state index contributed by atoms with van der Waals surface area (Å²) in [5.74, 6) is -0.507. The molecule has 2 N–H and O–H groups in total. The lowest BCUT2D eigenvalue weighted by Crippen LogP contribution is -2.41. The Morgan fingerprint density at radius 2 is 2.15 bits per heavy atom. The van der Waals surface area contributed by atoms with Crippen LogP contribution in [0.5, 0.6) is 0 Å². The molecule has 0 heterocycles. The fraction of sp³-hybridized carbons (Fsp3) is 0.462. The van der Waals surface area contributed by atoms with Gasteiger partial charge in [-0.05, 0) is 24.3 Å². The van der Waals surface area contributed by atoms with Crippen LogP contribution in [0.2, 0.25) is 0 Å². The van der Waals surface area contributed by atoms with Crippen molar-refractivity contribution in [2.24, 2.45) is 5.92 Å². The number of carbonyl (C=O) groups is 1. The van der Waals surface area contributed by atoms with Crippen molar-refractivity contribution in [2.75, 3.05) is 12.9 Å². The Balaban J connectivity index is 3.09. The molecule has 0 aromatic heterocycles. The lowest BCUT2D eigenvalue weighted by Gasteiger charge is -2.19. The molecule has 0 aliphatic rings. The van der Waals surface area contributed by atoms with E-state index in [9.17, 15) is 20.0 Å². The number of hydrogen-bond donors (Lipinski definition) is 2. The van der Waals surface area contributed by atoms with Gasteiger partial charge in [0.15, 0.2) is 0 Å². The van der Waals surface area contributed by atoms with E-state index in [0.717, 1.165) is 4.90 Å². The molecule has 20 heavy (non-hydrogen) atoms. The lowest BCUT2D eigenvalue weighted by atomic mass is 10.0. The summed E-state index contributed by atoms with van der Waals surface area (Å²) in [6.45, 7) is 3.50. The van der Waals surface area contributed by atoms with Crippen LogP contribution in [-0.2, 0) is 0 Å². The van der Waals surface area contributed by atoms with E-state index in [2.05, 4.69) is 5.32 Å². The van der Waals surface area contributed by atoms with E-state index in [1.54, 1.807) is 6.07 Å². The van der Waals surface area contributed by atoms with E-state index in [4.69, 9.17) is 0 Å². The zero-order chi connectivity index (χ0) is 15.3. The molecule has 0 spiro atoms. The van der Waals surface area contributed by atoms with Crippen LogP contribution in [-0.4, -0.2) is 34.8 Å². The van der Waals surface area contributed by atoms with Gasteiger partial charge >= 0.3 is 0 Å². The van der Waals surface area contributed by atoms with E-state index in [0.29, 0.717) is 0 Å². The van der Waals surface area contributed by atoms with Crippen LogP contribution in [0.3, 0.4) is 0 Å². The molecule has 110 valence electrons. The van der Waals surface area contributed by atoms with E-state index in [1.807, 2.05) is 20.1 Å². The molecule has 0 bridgehead atoms. The molecule has 0 saturated carbocycles. The third-order valence-electron chi connectivity index (χ3n) is 2.96. The van der Waals surface area contributed by atoms with E-state index in [-0.39, 0.29) is 23.8 Å². The topological polar surface area (TPSA) is 92.5 Å². The lowest BCUT2D eigenvalue weighted by molar-refractivity contribution is -0.385. The van der Waals surface area contributed by atoms with Gasteiger partial charge in [0.1, 0.15) is 5.56 Å². The first kappa shape index (κ1) is 16.5. The largest absolute Gasteiger partial charge is 0.394 e. The van der Waals surface area contributed by atoms with Crippen molar-refractivity contribution >= 4 is 23.4 Å². The maximum Gasteiger partial charge on any atom is 0.282 e. The number of aliphatic hydroxyl groups is 1. The number of nitrogens with zero attached hydrogens (tertiary/aromatic N) is 1. The monoisotopic (exact) mass is 298 g/mol. The zero-order valence-corrected chi connectivity index (χ0v) is 12.4. The van der Waals surface area contributed by atoms with Crippen molar-refractivity contribution in [3.8, 4) is 0 Å². The molecule has 1 aromatic rings. The van der Waals surface area contributed by atoms with Crippen LogP contribution in [0, 0.1) is 16.0 Å². The van der Waals surface area contributed by atoms with Gasteiger partial charge in [-0.25, -0.2) is 0 Å². The summed E-state index contributed by atoms with van der Waals surface area (Å²) in [4.78, 5) is 23.3. The summed E-state index contributed by atoms with van der Waals surface area (Å²) in [6.07, 6.45) is 1.83. The minimum Gasteiger partial charge on any atom is -0.394 e. The van der Waals surface area contributed by atoms with Gasteiger partial charge in [-0.2, -0.15) is 0 Å². The average Bonchev–Trinajstić information content (AvgIpc) is 2.43. The molecule has 1 atom stereocenters. The standard InChI is InChI=1S/C13H18N2O4S/c1-8(2)11(7-16)14-13(17)10-6-9(20-3)4-5-12(10)15(18)19/h4-6,8,11,16H,7H2,1-3H3,(H,14,17)/t11-/m1/s1. The molecule has 6 nitrogen and oxygen atoms in total. The zero-order valence-electron chi connectivity index (χ0n) is 11.6. The fourth-order valence-electron chi connectivity index (χ4n) is 1.65. The number of aliphatic hydroxyl groups excluding tert-OH is 1. The Morgan fingerprint density at radius 1 is 1.50 bits per heavy atom. The molecule has 1 rings (SSSR count). The summed E-state index contributed by atoms with van der Waals surface area (Å²) in [5, 5.41) is 22.8. The first-order valence-corrected chi connectivity index (χ1v) is 7.37. The summed E-state index contributed by atoms with van der Waals surface area (Å²) in [7, 11) is 0. The van der Waals surface area contributed by atoms with E-state index in [1.165, 1.54) is 23.9 Å². The quantitative estimate of drug-likeness (QED) is 0.476. The highest BCUT2D eigenvalue weighted by Crippen LogP contribution is 2.25. The number of nitro benzene ring substituents is 1. The van der Waals surface area contributed by atoms with Crippen molar-refractivity contribution in [3.63, 3.8) is 0 Å². The van der Waals surface area contributed by atoms with Gasteiger partial charge in [0, 0.05) is 11.0 Å². The Kier molecular flexibility index (Phi) is 5.97. The molecule has 1 aromatic carbocycles. The molecular formula is C13H18N2O4S. The number of nitrogens with one attached hydrogen (secondary N) is 1. The van der Waals surface area contributed by atoms with Crippen molar-refractivity contribution in [2.45, 2.75) is 24.8 Å². The Hall–Kier alpha value is -1.60. The van der Waals surface area contributed by atoms with Gasteiger partial charge in [-0.1, -0.05) is 13.8 Å². The SMILES string of the molecule is CSc1ccc([N+](=O)[O-])c(C(=O)N[C@H](CO)C(C)C)c1. The number of hydrogen-bond acceptors (Lipinski definition) is 5. The smallest absolute Gasteiger partial charge is 0.282 e. The first-order valence-electron chi connectivity index (χ1n) is 6.14. The van der Waals surface area contributed by atoms with Gasteiger partial charge in [0.05, 0.1) is 17.6 Å². The predicted molar refractivity (Wildman–Crippen MR) is 78.1 cm³/mol. The second-order valence-corrected chi connectivity index (χ2v) is 5.53. The molecule has 7 heteroatoms. The normalized spacial score (nSPS) is 12.2. The first-order chi connectivity index (χ1) is 9.40. The Bertz CT molecular complexity index is 505. The van der Waals surface area contributed by atoms with Crippen molar-refractivity contribution in [3.05, 3.63) is 33.9 Å². The number of amides is 1. The summed E-state index contributed by atoms with van der Waals surface area (Å²) < 4.78 is 0. The van der Waals surface area contributed by atoms with Gasteiger partial charge < -0.3 is 10.4 Å². The van der Waals surface area contributed by atoms with Gasteiger partial charge in [0.2, 0.25) is 0 Å². The second kappa shape index (κ2) is 7.25. The average molecular weight is 298 g/mol. The molecular weight excluding hydrogens is 280 g/mol. The van der Waals surface area contributed by atoms with E-state index >= 15 is 0 Å². The Morgan fingerprint density at radius 3 is 2.60 bits per heavy atom. The predicted octanol–water partition coefficient (Wildman–Crippen LogP) is 2.06. The highest BCUT2D eigenvalue weighted by atomic mass is 32.2. The highest BCUT2D eigenvalue weighted by molar-refractivity contribution is 7.98. The van der Waals surface area contributed by atoms with Crippen LogP contribution in [0.25, 0.3) is 0 Å².